The maximum Gasteiger partial charge on any atom is 0.243 e. The van der Waals surface area contributed by atoms with Crippen LogP contribution in [0, 0.1) is 18.8 Å². The molecule has 0 amide bonds. The van der Waals surface area contributed by atoms with Gasteiger partial charge in [-0.2, -0.15) is 4.31 Å². The van der Waals surface area contributed by atoms with Crippen LogP contribution >= 0.6 is 0 Å². The van der Waals surface area contributed by atoms with Gasteiger partial charge in [0.1, 0.15) is 0 Å². The minimum absolute atomic E-state index is 0.194. The largest absolute Gasteiger partial charge is 0.243 e. The van der Waals surface area contributed by atoms with Crippen molar-refractivity contribution in [2.45, 2.75) is 50.0 Å². The van der Waals surface area contributed by atoms with E-state index in [0.29, 0.717) is 23.3 Å². The van der Waals surface area contributed by atoms with Gasteiger partial charge in [-0.25, -0.2) is 8.42 Å². The third-order valence-corrected chi connectivity index (χ3v) is 8.14. The molecule has 26 heavy (non-hydrogen) atoms. The summed E-state index contributed by atoms with van der Waals surface area (Å²) in [5, 5.41) is 0. The molecule has 1 heterocycles. The molecule has 2 aliphatic rings. The second kappa shape index (κ2) is 7.16. The minimum Gasteiger partial charge on any atom is -0.207 e. The first-order valence-electron chi connectivity index (χ1n) is 9.66. The fourth-order valence-electron chi connectivity index (χ4n) is 4.67. The Bertz CT molecular complexity index is 845. The highest BCUT2D eigenvalue weighted by Gasteiger charge is 2.45. The van der Waals surface area contributed by atoms with E-state index in [1.165, 1.54) is 12.0 Å². The van der Waals surface area contributed by atoms with Crippen molar-refractivity contribution in [2.24, 2.45) is 11.8 Å². The second-order valence-electron chi connectivity index (χ2n) is 7.90. The number of sulfonamides is 1. The van der Waals surface area contributed by atoms with E-state index in [4.69, 9.17) is 0 Å². The summed E-state index contributed by atoms with van der Waals surface area (Å²) in [6, 6.07) is 18.0. The van der Waals surface area contributed by atoms with Crippen molar-refractivity contribution in [1.82, 2.24) is 4.31 Å². The maximum atomic E-state index is 13.2. The van der Waals surface area contributed by atoms with Crippen LogP contribution in [0.15, 0.2) is 59.5 Å². The maximum absolute atomic E-state index is 13.2. The van der Waals surface area contributed by atoms with Gasteiger partial charge >= 0.3 is 0 Å². The quantitative estimate of drug-likeness (QED) is 0.782. The normalized spacial score (nSPS) is 26.1. The van der Waals surface area contributed by atoms with Crippen LogP contribution in [0.25, 0.3) is 0 Å². The van der Waals surface area contributed by atoms with E-state index in [-0.39, 0.29) is 6.04 Å². The van der Waals surface area contributed by atoms with Crippen LogP contribution in [0.4, 0.5) is 0 Å². The van der Waals surface area contributed by atoms with Crippen LogP contribution in [-0.4, -0.2) is 25.3 Å². The highest BCUT2D eigenvalue weighted by atomic mass is 32.2. The van der Waals surface area contributed by atoms with Gasteiger partial charge in [0.05, 0.1) is 4.90 Å². The molecule has 138 valence electrons. The van der Waals surface area contributed by atoms with E-state index >= 15 is 0 Å². The van der Waals surface area contributed by atoms with Crippen molar-refractivity contribution in [3.05, 3.63) is 65.7 Å². The molecule has 0 radical (unpaired) electrons. The van der Waals surface area contributed by atoms with Gasteiger partial charge in [0, 0.05) is 12.6 Å². The number of hydrogen-bond donors (Lipinski definition) is 0. The summed E-state index contributed by atoms with van der Waals surface area (Å²) in [5.74, 6) is 1.15. The molecule has 2 bridgehead atoms. The topological polar surface area (TPSA) is 37.4 Å². The monoisotopic (exact) mass is 369 g/mol. The number of nitrogens with zero attached hydrogens (tertiary/aromatic N) is 1. The van der Waals surface area contributed by atoms with Crippen LogP contribution in [0.3, 0.4) is 0 Å². The van der Waals surface area contributed by atoms with Gasteiger partial charge in [-0.1, -0.05) is 48.0 Å². The number of piperidine rings is 1. The Morgan fingerprint density at radius 3 is 2.46 bits per heavy atom. The van der Waals surface area contributed by atoms with Gasteiger partial charge in [-0.05, 0) is 68.6 Å². The van der Waals surface area contributed by atoms with Crippen LogP contribution in [0.5, 0.6) is 0 Å². The molecule has 0 spiro atoms. The summed E-state index contributed by atoms with van der Waals surface area (Å²) in [5.41, 5.74) is 2.44. The molecule has 0 aromatic heterocycles. The fraction of sp³-hybridized carbons (Fsp3) is 0.455. The molecule has 2 fully saturated rings. The summed E-state index contributed by atoms with van der Waals surface area (Å²) >= 11 is 0. The predicted octanol–water partition coefficient (Wildman–Crippen LogP) is 4.42. The van der Waals surface area contributed by atoms with Crippen LogP contribution in [0.2, 0.25) is 0 Å². The number of benzene rings is 2. The zero-order chi connectivity index (χ0) is 18.1. The number of aryl methyl sites for hydroxylation is 2. The standard InChI is InChI=1S/C22H27NO2S/c1-17-7-13-22(14-8-17)26(24,25)23-16-20(19-11-12-21(23)15-19)10-9-18-5-3-2-4-6-18/h2-8,13-14,19-21H,9-12,15-16H2,1H3/t19-,20?,21+/m0/s1. The van der Waals surface area contributed by atoms with Crippen molar-refractivity contribution in [3.8, 4) is 0 Å². The Morgan fingerprint density at radius 1 is 1.00 bits per heavy atom. The lowest BCUT2D eigenvalue weighted by Gasteiger charge is -2.37. The zero-order valence-corrected chi connectivity index (χ0v) is 16.2. The first-order valence-corrected chi connectivity index (χ1v) is 11.1. The summed E-state index contributed by atoms with van der Waals surface area (Å²) in [6.45, 7) is 2.66. The average molecular weight is 370 g/mol. The minimum atomic E-state index is -3.40. The molecule has 4 rings (SSSR count). The molecule has 1 aliphatic heterocycles. The molecular formula is C22H27NO2S. The molecule has 1 aliphatic carbocycles. The number of rotatable bonds is 5. The molecule has 2 aromatic carbocycles. The lowest BCUT2D eigenvalue weighted by Crippen LogP contribution is -2.46. The van der Waals surface area contributed by atoms with Gasteiger partial charge in [0.2, 0.25) is 10.0 Å². The number of fused-ring (bicyclic) bond motifs is 2. The second-order valence-corrected chi connectivity index (χ2v) is 9.79. The van der Waals surface area contributed by atoms with Crippen molar-refractivity contribution < 1.29 is 8.42 Å². The molecule has 1 saturated carbocycles. The van der Waals surface area contributed by atoms with Gasteiger partial charge in [-0.15, -0.1) is 0 Å². The smallest absolute Gasteiger partial charge is 0.207 e. The van der Waals surface area contributed by atoms with Crippen molar-refractivity contribution >= 4 is 10.0 Å². The summed E-state index contributed by atoms with van der Waals surface area (Å²) in [4.78, 5) is 0.440. The third-order valence-electron chi connectivity index (χ3n) is 6.21. The van der Waals surface area contributed by atoms with Gasteiger partial charge < -0.3 is 0 Å². The molecule has 3 atom stereocenters. The third kappa shape index (κ3) is 3.45. The number of hydrogen-bond acceptors (Lipinski definition) is 2. The van der Waals surface area contributed by atoms with E-state index in [1.807, 2.05) is 29.4 Å². The molecule has 1 saturated heterocycles. The summed E-state index contributed by atoms with van der Waals surface area (Å²) < 4.78 is 28.3. The molecule has 2 aromatic rings. The Labute approximate surface area is 157 Å². The van der Waals surface area contributed by atoms with Gasteiger partial charge in [0.15, 0.2) is 0 Å². The van der Waals surface area contributed by atoms with Crippen molar-refractivity contribution in [2.75, 3.05) is 6.54 Å². The Kier molecular flexibility index (Phi) is 4.89. The van der Waals surface area contributed by atoms with E-state index in [0.717, 1.165) is 31.2 Å². The van der Waals surface area contributed by atoms with E-state index in [2.05, 4.69) is 24.3 Å². The van der Waals surface area contributed by atoms with Gasteiger partial charge in [-0.3, -0.25) is 0 Å². The van der Waals surface area contributed by atoms with E-state index in [9.17, 15) is 8.42 Å². The SMILES string of the molecule is Cc1ccc(S(=O)(=O)N2CC(CCc3ccccc3)[C@H]3CC[C@@H]2C3)cc1. The van der Waals surface area contributed by atoms with E-state index < -0.39 is 10.0 Å². The molecule has 0 N–H and O–H groups in total. The highest BCUT2D eigenvalue weighted by molar-refractivity contribution is 7.89. The molecule has 4 heteroatoms. The molecular weight excluding hydrogens is 342 g/mol. The molecule has 1 unspecified atom stereocenters. The van der Waals surface area contributed by atoms with Crippen LogP contribution in [-0.2, 0) is 16.4 Å². The lowest BCUT2D eigenvalue weighted by atomic mass is 9.84. The Morgan fingerprint density at radius 2 is 1.73 bits per heavy atom. The predicted molar refractivity (Wildman–Crippen MR) is 104 cm³/mol. The highest BCUT2D eigenvalue weighted by Crippen LogP contribution is 2.43. The lowest BCUT2D eigenvalue weighted by molar-refractivity contribution is 0.176. The van der Waals surface area contributed by atoms with Crippen LogP contribution < -0.4 is 0 Å². The first-order chi connectivity index (χ1) is 12.5. The summed E-state index contributed by atoms with van der Waals surface area (Å²) in [6.07, 6.45) is 5.32. The van der Waals surface area contributed by atoms with Crippen molar-refractivity contribution in [3.63, 3.8) is 0 Å². The van der Waals surface area contributed by atoms with Crippen LogP contribution in [0.1, 0.15) is 36.8 Å². The zero-order valence-electron chi connectivity index (χ0n) is 15.3. The first kappa shape index (κ1) is 17.7. The molecule has 3 nitrogen and oxygen atoms in total. The Balaban J connectivity index is 1.52. The van der Waals surface area contributed by atoms with Gasteiger partial charge in [0.25, 0.3) is 0 Å². The summed E-state index contributed by atoms with van der Waals surface area (Å²) in [7, 11) is -3.40. The van der Waals surface area contributed by atoms with E-state index in [1.54, 1.807) is 12.1 Å². The average Bonchev–Trinajstić information content (AvgIpc) is 3.06. The van der Waals surface area contributed by atoms with Crippen molar-refractivity contribution in [1.29, 1.82) is 0 Å². The Hall–Kier alpha value is -1.65. The fourth-order valence-corrected chi connectivity index (χ4v) is 6.40.